The van der Waals surface area contributed by atoms with Crippen molar-refractivity contribution in [2.75, 3.05) is 11.9 Å². The molecule has 1 heterocycles. The molecule has 2 aromatic rings. The molecule has 0 spiro atoms. The van der Waals surface area contributed by atoms with Gasteiger partial charge in [-0.2, -0.15) is 5.10 Å². The van der Waals surface area contributed by atoms with Crippen LogP contribution in [0.5, 0.6) is 5.75 Å². The van der Waals surface area contributed by atoms with Gasteiger partial charge in [-0.15, -0.1) is 0 Å². The van der Waals surface area contributed by atoms with Crippen molar-refractivity contribution >= 4 is 33.2 Å². The molecule has 1 aromatic heterocycles. The van der Waals surface area contributed by atoms with E-state index in [2.05, 4.69) is 40.2 Å². The van der Waals surface area contributed by atoms with Gasteiger partial charge in [0.2, 0.25) is 0 Å². The molecule has 4 nitrogen and oxygen atoms in total. The standard InChI is InChI=1S/C15H19BrClN3O/c1-4-21-15-13(16)5-12(17)6-14(15)18-7-11-8-19-20(9-11)10(2)3/h5-6,8-10,18H,4,7H2,1-3H3. The van der Waals surface area contributed by atoms with Gasteiger partial charge in [0.25, 0.3) is 0 Å². The Hall–Kier alpha value is -1.20. The van der Waals surface area contributed by atoms with Crippen molar-refractivity contribution in [3.63, 3.8) is 0 Å². The van der Waals surface area contributed by atoms with Gasteiger partial charge < -0.3 is 10.1 Å². The lowest BCUT2D eigenvalue weighted by atomic mass is 10.2. The van der Waals surface area contributed by atoms with Crippen molar-refractivity contribution in [3.05, 3.63) is 39.6 Å². The van der Waals surface area contributed by atoms with Crippen LogP contribution in [-0.4, -0.2) is 16.4 Å². The number of benzene rings is 1. The number of hydrogen-bond acceptors (Lipinski definition) is 3. The van der Waals surface area contributed by atoms with Gasteiger partial charge in [0, 0.05) is 29.4 Å². The average Bonchev–Trinajstić information content (AvgIpc) is 2.89. The number of aromatic nitrogens is 2. The molecule has 114 valence electrons. The minimum atomic E-state index is 0.359. The van der Waals surface area contributed by atoms with Crippen LogP contribution in [0.3, 0.4) is 0 Å². The van der Waals surface area contributed by atoms with Crippen molar-refractivity contribution in [1.29, 1.82) is 0 Å². The third-order valence-corrected chi connectivity index (χ3v) is 3.77. The summed E-state index contributed by atoms with van der Waals surface area (Å²) < 4.78 is 8.45. The summed E-state index contributed by atoms with van der Waals surface area (Å²) in [4.78, 5) is 0. The molecule has 1 aromatic carbocycles. The fourth-order valence-corrected chi connectivity index (χ4v) is 2.86. The molecule has 0 aliphatic heterocycles. The lowest BCUT2D eigenvalue weighted by molar-refractivity contribution is 0.339. The largest absolute Gasteiger partial charge is 0.491 e. The molecule has 0 saturated heterocycles. The Balaban J connectivity index is 2.14. The first-order chi connectivity index (χ1) is 10.0. The number of hydrogen-bond donors (Lipinski definition) is 1. The van der Waals surface area contributed by atoms with Crippen LogP contribution < -0.4 is 10.1 Å². The molecule has 0 saturated carbocycles. The van der Waals surface area contributed by atoms with E-state index in [1.807, 2.05) is 36.1 Å². The number of nitrogens with one attached hydrogen (secondary N) is 1. The number of rotatable bonds is 6. The maximum Gasteiger partial charge on any atom is 0.156 e. The van der Waals surface area contributed by atoms with E-state index in [1.54, 1.807) is 0 Å². The van der Waals surface area contributed by atoms with Gasteiger partial charge in [0.1, 0.15) is 0 Å². The van der Waals surface area contributed by atoms with Crippen LogP contribution in [0, 0.1) is 0 Å². The molecular formula is C15H19BrClN3O. The second-order valence-electron chi connectivity index (χ2n) is 4.97. The summed E-state index contributed by atoms with van der Waals surface area (Å²) in [6.45, 7) is 7.42. The summed E-state index contributed by atoms with van der Waals surface area (Å²) in [6.07, 6.45) is 3.91. The topological polar surface area (TPSA) is 39.1 Å². The fourth-order valence-electron chi connectivity index (χ4n) is 1.93. The van der Waals surface area contributed by atoms with Crippen LogP contribution in [0.4, 0.5) is 5.69 Å². The maximum absolute atomic E-state index is 6.11. The third-order valence-electron chi connectivity index (χ3n) is 2.96. The number of halogens is 2. The van der Waals surface area contributed by atoms with Crippen molar-refractivity contribution in [1.82, 2.24) is 9.78 Å². The van der Waals surface area contributed by atoms with Crippen LogP contribution in [0.15, 0.2) is 29.0 Å². The summed E-state index contributed by atoms with van der Waals surface area (Å²) in [5.74, 6) is 0.776. The van der Waals surface area contributed by atoms with Gasteiger partial charge in [-0.25, -0.2) is 0 Å². The molecule has 0 unspecified atom stereocenters. The Morgan fingerprint density at radius 1 is 1.43 bits per heavy atom. The van der Waals surface area contributed by atoms with Gasteiger partial charge in [-0.05, 0) is 48.8 Å². The second-order valence-corrected chi connectivity index (χ2v) is 6.26. The third kappa shape index (κ3) is 4.14. The summed E-state index contributed by atoms with van der Waals surface area (Å²) >= 11 is 9.59. The van der Waals surface area contributed by atoms with Gasteiger partial charge in [0.05, 0.1) is 23.0 Å². The van der Waals surface area contributed by atoms with E-state index in [1.165, 1.54) is 0 Å². The number of nitrogens with zero attached hydrogens (tertiary/aromatic N) is 2. The zero-order valence-electron chi connectivity index (χ0n) is 12.4. The van der Waals surface area contributed by atoms with Crippen molar-refractivity contribution in [2.24, 2.45) is 0 Å². The maximum atomic E-state index is 6.11. The Morgan fingerprint density at radius 3 is 2.81 bits per heavy atom. The number of anilines is 1. The quantitative estimate of drug-likeness (QED) is 0.784. The van der Waals surface area contributed by atoms with E-state index < -0.39 is 0 Å². The Kier molecular flexibility index (Phi) is 5.53. The lowest BCUT2D eigenvalue weighted by Gasteiger charge is -2.14. The Bertz CT molecular complexity index is 613. The summed E-state index contributed by atoms with van der Waals surface area (Å²) in [5.41, 5.74) is 1.98. The zero-order chi connectivity index (χ0) is 15.4. The minimum Gasteiger partial charge on any atom is -0.491 e. The van der Waals surface area contributed by atoms with Gasteiger partial charge >= 0.3 is 0 Å². The van der Waals surface area contributed by atoms with E-state index >= 15 is 0 Å². The minimum absolute atomic E-state index is 0.359. The molecule has 21 heavy (non-hydrogen) atoms. The second kappa shape index (κ2) is 7.18. The van der Waals surface area contributed by atoms with Gasteiger partial charge in [0.15, 0.2) is 5.75 Å². The van der Waals surface area contributed by atoms with Crippen LogP contribution in [0.2, 0.25) is 5.02 Å². The van der Waals surface area contributed by atoms with Crippen LogP contribution in [0.25, 0.3) is 0 Å². The van der Waals surface area contributed by atoms with Crippen LogP contribution in [0.1, 0.15) is 32.4 Å². The Labute approximate surface area is 138 Å². The van der Waals surface area contributed by atoms with Crippen molar-refractivity contribution in [3.8, 4) is 5.75 Å². The summed E-state index contributed by atoms with van der Waals surface area (Å²) in [5, 5.41) is 8.35. The highest BCUT2D eigenvalue weighted by Gasteiger charge is 2.10. The highest BCUT2D eigenvalue weighted by molar-refractivity contribution is 9.10. The molecule has 0 amide bonds. The van der Waals surface area contributed by atoms with E-state index in [9.17, 15) is 0 Å². The molecule has 0 aliphatic rings. The summed E-state index contributed by atoms with van der Waals surface area (Å²) in [7, 11) is 0. The number of ether oxygens (including phenoxy) is 1. The van der Waals surface area contributed by atoms with E-state index in [0.29, 0.717) is 24.2 Å². The monoisotopic (exact) mass is 371 g/mol. The van der Waals surface area contributed by atoms with E-state index in [-0.39, 0.29) is 0 Å². The van der Waals surface area contributed by atoms with E-state index in [0.717, 1.165) is 21.5 Å². The fraction of sp³-hybridized carbons (Fsp3) is 0.400. The summed E-state index contributed by atoms with van der Waals surface area (Å²) in [6, 6.07) is 4.05. The van der Waals surface area contributed by atoms with Crippen LogP contribution >= 0.6 is 27.5 Å². The lowest BCUT2D eigenvalue weighted by Crippen LogP contribution is -2.03. The average molecular weight is 373 g/mol. The molecule has 6 heteroatoms. The highest BCUT2D eigenvalue weighted by Crippen LogP contribution is 2.36. The molecule has 1 N–H and O–H groups in total. The molecule has 0 bridgehead atoms. The molecule has 0 atom stereocenters. The van der Waals surface area contributed by atoms with E-state index in [4.69, 9.17) is 16.3 Å². The predicted octanol–water partition coefficient (Wildman–Crippen LogP) is 4.89. The zero-order valence-corrected chi connectivity index (χ0v) is 14.7. The van der Waals surface area contributed by atoms with Gasteiger partial charge in [-0.1, -0.05) is 11.6 Å². The molecule has 0 aliphatic carbocycles. The molecule has 0 radical (unpaired) electrons. The molecule has 2 rings (SSSR count). The van der Waals surface area contributed by atoms with Crippen molar-refractivity contribution in [2.45, 2.75) is 33.4 Å². The predicted molar refractivity (Wildman–Crippen MR) is 90.3 cm³/mol. The first-order valence-corrected chi connectivity index (χ1v) is 8.07. The first-order valence-electron chi connectivity index (χ1n) is 6.90. The molecular weight excluding hydrogens is 354 g/mol. The smallest absolute Gasteiger partial charge is 0.156 e. The first kappa shape index (κ1) is 16.2. The van der Waals surface area contributed by atoms with Crippen molar-refractivity contribution < 1.29 is 4.74 Å². The molecule has 0 fully saturated rings. The Morgan fingerprint density at radius 2 is 2.19 bits per heavy atom. The normalized spacial score (nSPS) is 11.0. The highest BCUT2D eigenvalue weighted by atomic mass is 79.9. The SMILES string of the molecule is CCOc1c(Br)cc(Cl)cc1NCc1cnn(C(C)C)c1. The van der Waals surface area contributed by atoms with Gasteiger partial charge in [-0.3, -0.25) is 4.68 Å². The van der Waals surface area contributed by atoms with Crippen LogP contribution in [-0.2, 0) is 6.54 Å².